The van der Waals surface area contributed by atoms with Gasteiger partial charge in [0.15, 0.2) is 6.04 Å². The van der Waals surface area contributed by atoms with Crippen molar-refractivity contribution in [1.82, 2.24) is 5.32 Å². The van der Waals surface area contributed by atoms with E-state index in [9.17, 15) is 14.4 Å². The third-order valence-electron chi connectivity index (χ3n) is 6.69. The quantitative estimate of drug-likeness (QED) is 0.149. The Morgan fingerprint density at radius 3 is 2.47 bits per heavy atom. The number of alkyl carbamates (subject to hydrolysis) is 1. The molecule has 1 aliphatic rings. The number of esters is 1. The average Bonchev–Trinajstić information content (AvgIpc) is 3.36. The van der Waals surface area contributed by atoms with Gasteiger partial charge in [-0.05, 0) is 75.6 Å². The van der Waals surface area contributed by atoms with Gasteiger partial charge in [-0.3, -0.25) is 0 Å². The molecule has 0 unspecified atom stereocenters. The number of nitrogens with one attached hydrogen (secondary N) is 1. The smallest absolute Gasteiger partial charge is 0.408 e. The van der Waals surface area contributed by atoms with Crippen molar-refractivity contribution < 1.29 is 23.5 Å². The van der Waals surface area contributed by atoms with E-state index in [1.54, 1.807) is 51.1 Å². The maximum atomic E-state index is 13.5. The summed E-state index contributed by atoms with van der Waals surface area (Å²) in [7, 11) is 0. The van der Waals surface area contributed by atoms with E-state index in [1.165, 1.54) is 0 Å². The molecule has 1 N–H and O–H groups in total. The third-order valence-corrected chi connectivity index (χ3v) is 6.69. The van der Waals surface area contributed by atoms with Crippen LogP contribution < -0.4 is 15.7 Å². The molecule has 0 saturated heterocycles. The highest BCUT2D eigenvalue weighted by Gasteiger charge is 2.29. The summed E-state index contributed by atoms with van der Waals surface area (Å²) in [5, 5.41) is 3.57. The zero-order chi connectivity index (χ0) is 27.3. The van der Waals surface area contributed by atoms with Gasteiger partial charge >= 0.3 is 17.7 Å². The molecular formula is C31H37NO6. The lowest BCUT2D eigenvalue weighted by Crippen LogP contribution is -2.39. The van der Waals surface area contributed by atoms with Gasteiger partial charge in [0.05, 0.1) is 0 Å². The minimum absolute atomic E-state index is 0.327. The number of hydrogen-bond donors (Lipinski definition) is 1. The Balaban J connectivity index is 1.69. The second kappa shape index (κ2) is 11.8. The van der Waals surface area contributed by atoms with Crippen LogP contribution in [0, 0.1) is 0 Å². The lowest BCUT2D eigenvalue weighted by Gasteiger charge is -2.23. The number of rotatable bonds is 9. The first-order chi connectivity index (χ1) is 18.2. The fourth-order valence-electron chi connectivity index (χ4n) is 4.90. The van der Waals surface area contributed by atoms with Crippen LogP contribution in [0.1, 0.15) is 88.1 Å². The number of fused-ring (bicyclic) bond motifs is 3. The van der Waals surface area contributed by atoms with E-state index < -0.39 is 23.7 Å². The molecule has 38 heavy (non-hydrogen) atoms. The molecule has 1 heterocycles. The first-order valence-corrected chi connectivity index (χ1v) is 13.5. The zero-order valence-electron chi connectivity index (χ0n) is 22.7. The molecule has 1 aromatic heterocycles. The summed E-state index contributed by atoms with van der Waals surface area (Å²) >= 11 is 0. The first-order valence-electron chi connectivity index (χ1n) is 13.5. The molecule has 0 spiro atoms. The van der Waals surface area contributed by atoms with Crippen LogP contribution in [0.3, 0.4) is 0 Å². The summed E-state index contributed by atoms with van der Waals surface area (Å²) in [5.41, 5.74) is 2.60. The summed E-state index contributed by atoms with van der Waals surface area (Å²) in [4.78, 5) is 38.7. The van der Waals surface area contributed by atoms with Crippen LogP contribution in [0.15, 0.2) is 51.7 Å². The van der Waals surface area contributed by atoms with Crippen molar-refractivity contribution in [2.75, 3.05) is 0 Å². The molecule has 4 rings (SSSR count). The van der Waals surface area contributed by atoms with E-state index >= 15 is 0 Å². The predicted octanol–water partition coefficient (Wildman–Crippen LogP) is 6.58. The van der Waals surface area contributed by atoms with Gasteiger partial charge in [-0.2, -0.15) is 0 Å². The standard InChI is InChI=1S/C31H37NO6/c1-5-6-7-9-15-21-18-24-22-16-12-17-23(22)28(33)37-26(24)19-25(21)36-29(34)27(20-13-10-8-11-14-20)32-30(35)38-31(2,3)4/h8,10-11,13-14,18-19,27H,5-7,9,12,15-17H2,1-4H3,(H,32,35)/t27-/m0/s1. The number of aryl methyl sites for hydroxylation is 2. The highest BCUT2D eigenvalue weighted by atomic mass is 16.6. The van der Waals surface area contributed by atoms with Crippen molar-refractivity contribution in [1.29, 1.82) is 0 Å². The molecule has 0 bridgehead atoms. The van der Waals surface area contributed by atoms with Gasteiger partial charge in [0, 0.05) is 17.0 Å². The van der Waals surface area contributed by atoms with Gasteiger partial charge in [-0.25, -0.2) is 14.4 Å². The maximum absolute atomic E-state index is 13.5. The van der Waals surface area contributed by atoms with E-state index in [2.05, 4.69) is 12.2 Å². The van der Waals surface area contributed by atoms with Crippen molar-refractivity contribution in [2.45, 2.75) is 90.7 Å². The van der Waals surface area contributed by atoms with Gasteiger partial charge in [0.1, 0.15) is 16.9 Å². The van der Waals surface area contributed by atoms with Gasteiger partial charge in [0.25, 0.3) is 0 Å². The third kappa shape index (κ3) is 6.63. The highest BCUT2D eigenvalue weighted by Crippen LogP contribution is 2.34. The normalized spacial score (nSPS) is 13.7. The number of ether oxygens (including phenoxy) is 2. The monoisotopic (exact) mass is 519 g/mol. The molecule has 0 saturated carbocycles. The molecule has 2 aromatic carbocycles. The van der Waals surface area contributed by atoms with Crippen LogP contribution in [0.2, 0.25) is 0 Å². The zero-order valence-corrected chi connectivity index (χ0v) is 22.7. The van der Waals surface area contributed by atoms with Crippen molar-refractivity contribution in [3.63, 3.8) is 0 Å². The highest BCUT2D eigenvalue weighted by molar-refractivity contribution is 5.88. The largest absolute Gasteiger partial charge is 0.444 e. The molecule has 1 aliphatic carbocycles. The molecular weight excluding hydrogens is 482 g/mol. The SMILES string of the molecule is CCCCCCc1cc2c3c(c(=O)oc2cc1OC(=O)[C@@H](NC(=O)OC(C)(C)C)c1ccccc1)CCC3. The molecule has 0 radical (unpaired) electrons. The number of hydrogen-bond acceptors (Lipinski definition) is 6. The molecule has 1 atom stereocenters. The van der Waals surface area contributed by atoms with Gasteiger partial charge in [-0.1, -0.05) is 56.5 Å². The molecule has 3 aromatic rings. The van der Waals surface area contributed by atoms with E-state index in [0.717, 1.165) is 73.4 Å². The molecule has 0 aliphatic heterocycles. The predicted molar refractivity (Wildman–Crippen MR) is 147 cm³/mol. The Morgan fingerprint density at radius 1 is 1.03 bits per heavy atom. The van der Waals surface area contributed by atoms with Crippen molar-refractivity contribution in [3.05, 3.63) is 75.1 Å². The molecule has 7 nitrogen and oxygen atoms in total. The van der Waals surface area contributed by atoms with Crippen LogP contribution >= 0.6 is 0 Å². The molecule has 0 fully saturated rings. The van der Waals surface area contributed by atoms with E-state index in [4.69, 9.17) is 13.9 Å². The summed E-state index contributed by atoms with van der Waals surface area (Å²) in [5.74, 6) is -0.313. The van der Waals surface area contributed by atoms with Crippen molar-refractivity contribution >= 4 is 23.0 Å². The number of carbonyl (C=O) groups excluding carboxylic acids is 2. The van der Waals surface area contributed by atoms with Crippen LogP contribution in [-0.4, -0.2) is 17.7 Å². The van der Waals surface area contributed by atoms with Crippen LogP contribution in [-0.2, 0) is 28.8 Å². The second-order valence-electron chi connectivity index (χ2n) is 10.9. The summed E-state index contributed by atoms with van der Waals surface area (Å²) in [6.45, 7) is 7.43. The molecule has 1 amide bonds. The Morgan fingerprint density at radius 2 is 1.76 bits per heavy atom. The molecule has 7 heteroatoms. The summed E-state index contributed by atoms with van der Waals surface area (Å²) < 4.78 is 17.0. The Kier molecular flexibility index (Phi) is 8.55. The number of unbranched alkanes of at least 4 members (excludes halogenated alkanes) is 3. The lowest BCUT2D eigenvalue weighted by molar-refractivity contribution is -0.137. The number of amides is 1. The van der Waals surface area contributed by atoms with Crippen molar-refractivity contribution in [2.24, 2.45) is 0 Å². The Bertz CT molecular complexity index is 1350. The van der Waals surface area contributed by atoms with Crippen molar-refractivity contribution in [3.8, 4) is 5.75 Å². The summed E-state index contributed by atoms with van der Waals surface area (Å²) in [6, 6.07) is 11.5. The first kappa shape index (κ1) is 27.4. The fourth-order valence-corrected chi connectivity index (χ4v) is 4.90. The molecule has 202 valence electrons. The minimum atomic E-state index is -1.08. The van der Waals surface area contributed by atoms with E-state index in [0.29, 0.717) is 16.9 Å². The van der Waals surface area contributed by atoms with Crippen LogP contribution in [0.5, 0.6) is 5.75 Å². The van der Waals surface area contributed by atoms with Gasteiger partial charge < -0.3 is 19.2 Å². The number of carbonyl (C=O) groups is 2. The van der Waals surface area contributed by atoms with Crippen LogP contribution in [0.4, 0.5) is 4.79 Å². The Labute approximate surface area is 223 Å². The lowest BCUT2D eigenvalue weighted by atomic mass is 9.99. The topological polar surface area (TPSA) is 94.8 Å². The van der Waals surface area contributed by atoms with E-state index in [-0.39, 0.29) is 5.63 Å². The number of benzene rings is 2. The Hall–Kier alpha value is -3.61. The minimum Gasteiger partial charge on any atom is -0.444 e. The maximum Gasteiger partial charge on any atom is 0.408 e. The van der Waals surface area contributed by atoms with E-state index in [1.807, 2.05) is 12.1 Å². The van der Waals surface area contributed by atoms with Gasteiger partial charge in [0.2, 0.25) is 0 Å². The average molecular weight is 520 g/mol. The van der Waals surface area contributed by atoms with Gasteiger partial charge in [-0.15, -0.1) is 0 Å². The van der Waals surface area contributed by atoms with Crippen LogP contribution in [0.25, 0.3) is 11.0 Å². The summed E-state index contributed by atoms with van der Waals surface area (Å²) in [6.07, 6.45) is 6.75. The fraction of sp³-hybridized carbons (Fsp3) is 0.452. The second-order valence-corrected chi connectivity index (χ2v) is 10.9.